The average molecular weight is 201 g/mol. The van der Waals surface area contributed by atoms with E-state index in [9.17, 15) is 0 Å². The Morgan fingerprint density at radius 3 is 2.90 bits per heavy atom. The second-order valence-electron chi connectivity index (χ2n) is 2.17. The van der Waals surface area contributed by atoms with Crippen molar-refractivity contribution in [2.75, 3.05) is 5.73 Å². The van der Waals surface area contributed by atoms with Crippen molar-refractivity contribution in [3.8, 4) is 0 Å². The van der Waals surface area contributed by atoms with Gasteiger partial charge in [-0.05, 0) is 24.1 Å². The number of pyridine rings is 1. The fourth-order valence-corrected chi connectivity index (χ4v) is 1.33. The maximum absolute atomic E-state index is 5.47. The van der Waals surface area contributed by atoms with Gasteiger partial charge in [-0.3, -0.25) is 0 Å². The quantitative estimate of drug-likeness (QED) is 0.704. The van der Waals surface area contributed by atoms with Crippen LogP contribution in [0.4, 0.5) is 5.82 Å². The van der Waals surface area contributed by atoms with Gasteiger partial charge in [-0.15, -0.1) is 0 Å². The summed E-state index contributed by atoms with van der Waals surface area (Å²) in [6, 6.07) is 1.88. The molecule has 0 fully saturated rings. The number of halogens is 1. The van der Waals surface area contributed by atoms with Crippen LogP contribution in [0, 0.1) is 6.92 Å². The topological polar surface area (TPSA) is 38.9 Å². The van der Waals surface area contributed by atoms with Crippen molar-refractivity contribution in [2.24, 2.45) is 0 Å². The van der Waals surface area contributed by atoms with Crippen molar-refractivity contribution in [1.82, 2.24) is 4.98 Å². The van der Waals surface area contributed by atoms with E-state index in [4.69, 9.17) is 5.73 Å². The van der Waals surface area contributed by atoms with E-state index >= 15 is 0 Å². The largest absolute Gasteiger partial charge is 0.384 e. The Hall–Kier alpha value is -0.570. The van der Waals surface area contributed by atoms with Gasteiger partial charge in [0.15, 0.2) is 0 Å². The summed E-state index contributed by atoms with van der Waals surface area (Å²) in [5, 5.41) is 0.839. The SMILES string of the molecule is Cc1cnc(N)cc1CBr. The minimum absolute atomic E-state index is 0.583. The lowest BCUT2D eigenvalue weighted by Crippen LogP contribution is -1.93. The first-order valence-electron chi connectivity index (χ1n) is 3.01. The molecule has 1 rings (SSSR count). The zero-order valence-corrected chi connectivity index (χ0v) is 7.35. The lowest BCUT2D eigenvalue weighted by atomic mass is 10.2. The molecule has 0 radical (unpaired) electrons. The molecule has 0 atom stereocenters. The van der Waals surface area contributed by atoms with Crippen LogP contribution in [0.5, 0.6) is 0 Å². The second-order valence-corrected chi connectivity index (χ2v) is 2.73. The molecule has 0 spiro atoms. The average Bonchev–Trinajstić information content (AvgIpc) is 1.94. The monoisotopic (exact) mass is 200 g/mol. The van der Waals surface area contributed by atoms with Crippen LogP contribution in [0.3, 0.4) is 0 Å². The van der Waals surface area contributed by atoms with Crippen LogP contribution in [0.2, 0.25) is 0 Å². The summed E-state index contributed by atoms with van der Waals surface area (Å²) in [7, 11) is 0. The van der Waals surface area contributed by atoms with Gasteiger partial charge in [0.1, 0.15) is 5.82 Å². The highest BCUT2D eigenvalue weighted by molar-refractivity contribution is 9.08. The van der Waals surface area contributed by atoms with Crippen LogP contribution in [0.15, 0.2) is 12.3 Å². The lowest BCUT2D eigenvalue weighted by molar-refractivity contribution is 1.22. The zero-order valence-electron chi connectivity index (χ0n) is 5.76. The van der Waals surface area contributed by atoms with Gasteiger partial charge in [0, 0.05) is 11.5 Å². The molecule has 0 saturated carbocycles. The number of hydrogen-bond donors (Lipinski definition) is 1. The molecule has 10 heavy (non-hydrogen) atoms. The van der Waals surface area contributed by atoms with Crippen LogP contribution in [0.25, 0.3) is 0 Å². The second kappa shape index (κ2) is 3.01. The first-order valence-corrected chi connectivity index (χ1v) is 4.13. The number of rotatable bonds is 1. The van der Waals surface area contributed by atoms with Crippen molar-refractivity contribution >= 4 is 21.7 Å². The van der Waals surface area contributed by atoms with Gasteiger partial charge in [0.25, 0.3) is 0 Å². The Bertz CT molecular complexity index is 235. The molecular weight excluding hydrogens is 192 g/mol. The van der Waals surface area contributed by atoms with E-state index in [-0.39, 0.29) is 0 Å². The molecular formula is C7H9BrN2. The smallest absolute Gasteiger partial charge is 0.123 e. The summed E-state index contributed by atoms with van der Waals surface area (Å²) < 4.78 is 0. The molecule has 2 nitrogen and oxygen atoms in total. The molecule has 0 saturated heterocycles. The number of aromatic nitrogens is 1. The number of nitrogen functional groups attached to an aromatic ring is 1. The molecule has 1 aromatic rings. The Morgan fingerprint density at radius 2 is 2.40 bits per heavy atom. The Kier molecular flexibility index (Phi) is 2.27. The van der Waals surface area contributed by atoms with Crippen LogP contribution in [-0.4, -0.2) is 4.98 Å². The number of aryl methyl sites for hydroxylation is 1. The lowest BCUT2D eigenvalue weighted by Gasteiger charge is -2.00. The van der Waals surface area contributed by atoms with E-state index in [1.807, 2.05) is 13.0 Å². The Labute approximate surface area is 68.6 Å². The molecule has 3 heteroatoms. The predicted octanol–water partition coefficient (Wildman–Crippen LogP) is 1.87. The third-order valence-electron chi connectivity index (χ3n) is 1.38. The standard InChI is InChI=1S/C7H9BrN2/c1-5-4-10-7(9)2-6(5)3-8/h2,4H,3H2,1H3,(H2,9,10). The molecule has 0 aliphatic rings. The maximum Gasteiger partial charge on any atom is 0.123 e. The van der Waals surface area contributed by atoms with Gasteiger partial charge in [0.05, 0.1) is 0 Å². The van der Waals surface area contributed by atoms with E-state index in [0.717, 1.165) is 5.33 Å². The molecule has 1 aromatic heterocycles. The van der Waals surface area contributed by atoms with Crippen molar-refractivity contribution in [2.45, 2.75) is 12.3 Å². The molecule has 0 aromatic carbocycles. The zero-order chi connectivity index (χ0) is 7.56. The number of nitrogens with two attached hydrogens (primary N) is 1. The Balaban J connectivity index is 3.09. The maximum atomic E-state index is 5.47. The minimum Gasteiger partial charge on any atom is -0.384 e. The van der Waals surface area contributed by atoms with Crippen LogP contribution < -0.4 is 5.73 Å². The van der Waals surface area contributed by atoms with Gasteiger partial charge < -0.3 is 5.73 Å². The molecule has 0 bridgehead atoms. The van der Waals surface area contributed by atoms with E-state index in [0.29, 0.717) is 5.82 Å². The van der Waals surface area contributed by atoms with Crippen molar-refractivity contribution in [1.29, 1.82) is 0 Å². The number of hydrogen-bond acceptors (Lipinski definition) is 2. The summed E-state index contributed by atoms with van der Waals surface area (Å²) in [6.07, 6.45) is 1.78. The van der Waals surface area contributed by atoms with Crippen LogP contribution >= 0.6 is 15.9 Å². The number of anilines is 1. The Morgan fingerprint density at radius 1 is 1.70 bits per heavy atom. The summed E-state index contributed by atoms with van der Waals surface area (Å²) in [5.74, 6) is 0.583. The normalized spacial score (nSPS) is 9.80. The van der Waals surface area contributed by atoms with Gasteiger partial charge in [-0.25, -0.2) is 4.98 Å². The van der Waals surface area contributed by atoms with Crippen LogP contribution in [-0.2, 0) is 5.33 Å². The van der Waals surface area contributed by atoms with E-state index in [1.165, 1.54) is 11.1 Å². The highest BCUT2D eigenvalue weighted by atomic mass is 79.9. The molecule has 0 unspecified atom stereocenters. The first kappa shape index (κ1) is 7.54. The highest BCUT2D eigenvalue weighted by Gasteiger charge is 1.95. The molecule has 2 N–H and O–H groups in total. The fourth-order valence-electron chi connectivity index (χ4n) is 0.728. The summed E-state index contributed by atoms with van der Waals surface area (Å²) >= 11 is 3.36. The third-order valence-corrected chi connectivity index (χ3v) is 1.98. The minimum atomic E-state index is 0.583. The third kappa shape index (κ3) is 1.48. The van der Waals surface area contributed by atoms with Gasteiger partial charge in [-0.1, -0.05) is 15.9 Å². The molecule has 0 aliphatic carbocycles. The van der Waals surface area contributed by atoms with Crippen molar-refractivity contribution < 1.29 is 0 Å². The van der Waals surface area contributed by atoms with Crippen molar-refractivity contribution in [3.63, 3.8) is 0 Å². The van der Waals surface area contributed by atoms with Gasteiger partial charge >= 0.3 is 0 Å². The highest BCUT2D eigenvalue weighted by Crippen LogP contribution is 2.12. The molecule has 54 valence electrons. The summed E-state index contributed by atoms with van der Waals surface area (Å²) in [4.78, 5) is 3.94. The summed E-state index contributed by atoms with van der Waals surface area (Å²) in [5.41, 5.74) is 7.84. The van der Waals surface area contributed by atoms with Crippen LogP contribution in [0.1, 0.15) is 11.1 Å². The predicted molar refractivity (Wildman–Crippen MR) is 46.0 cm³/mol. The summed E-state index contributed by atoms with van der Waals surface area (Å²) in [6.45, 7) is 2.02. The van der Waals surface area contributed by atoms with E-state index in [2.05, 4.69) is 20.9 Å². The fraction of sp³-hybridized carbons (Fsp3) is 0.286. The molecule has 0 amide bonds. The van der Waals surface area contributed by atoms with Gasteiger partial charge in [-0.2, -0.15) is 0 Å². The van der Waals surface area contributed by atoms with Crippen molar-refractivity contribution in [3.05, 3.63) is 23.4 Å². The van der Waals surface area contributed by atoms with E-state index < -0.39 is 0 Å². The molecule has 0 aliphatic heterocycles. The number of alkyl halides is 1. The first-order chi connectivity index (χ1) is 4.74. The van der Waals surface area contributed by atoms with E-state index in [1.54, 1.807) is 6.20 Å². The molecule has 1 heterocycles. The number of nitrogens with zero attached hydrogens (tertiary/aromatic N) is 1. The van der Waals surface area contributed by atoms with Gasteiger partial charge in [0.2, 0.25) is 0 Å².